The zero-order chi connectivity index (χ0) is 41.6. The van der Waals surface area contributed by atoms with Crippen LogP contribution in [0, 0.1) is 0 Å². The van der Waals surface area contributed by atoms with Gasteiger partial charge in [0.25, 0.3) is 0 Å². The molecular formula is C57H30N4O3. The fraction of sp³-hybridized carbons (Fsp3) is 0. The van der Waals surface area contributed by atoms with Crippen molar-refractivity contribution in [3.05, 3.63) is 182 Å². The average molecular weight is 819 g/mol. The summed E-state index contributed by atoms with van der Waals surface area (Å²) in [6.45, 7) is 0. The first-order valence-corrected chi connectivity index (χ1v) is 21.4. The predicted molar refractivity (Wildman–Crippen MR) is 259 cm³/mol. The van der Waals surface area contributed by atoms with Crippen LogP contribution in [0.1, 0.15) is 0 Å². The van der Waals surface area contributed by atoms with Crippen LogP contribution in [0.15, 0.2) is 195 Å². The molecule has 7 heteroatoms. The van der Waals surface area contributed by atoms with Gasteiger partial charge in [0.05, 0.1) is 11.0 Å². The van der Waals surface area contributed by atoms with E-state index in [9.17, 15) is 0 Å². The normalized spacial score (nSPS) is 12.4. The van der Waals surface area contributed by atoms with E-state index < -0.39 is 0 Å². The van der Waals surface area contributed by atoms with Crippen LogP contribution in [-0.4, -0.2) is 19.5 Å². The molecule has 0 fully saturated rings. The highest BCUT2D eigenvalue weighted by Gasteiger charge is 2.23. The number of para-hydroxylation sites is 2. The molecule has 0 radical (unpaired) electrons. The Balaban J connectivity index is 0.966. The van der Waals surface area contributed by atoms with Crippen molar-refractivity contribution in [2.24, 2.45) is 0 Å². The number of rotatable bonds is 4. The third-order valence-corrected chi connectivity index (χ3v) is 13.2. The summed E-state index contributed by atoms with van der Waals surface area (Å²) in [6, 6.07) is 63.2. The summed E-state index contributed by atoms with van der Waals surface area (Å²) in [5.74, 6) is 1.59. The van der Waals surface area contributed by atoms with Gasteiger partial charge in [0, 0.05) is 65.5 Å². The first kappa shape index (κ1) is 33.9. The van der Waals surface area contributed by atoms with Crippen LogP contribution in [0.3, 0.4) is 0 Å². The molecule has 10 aromatic carbocycles. The van der Waals surface area contributed by atoms with Gasteiger partial charge >= 0.3 is 0 Å². The lowest BCUT2D eigenvalue weighted by Crippen LogP contribution is -2.00. The first-order chi connectivity index (χ1) is 31.7. The van der Waals surface area contributed by atoms with Crippen LogP contribution >= 0.6 is 0 Å². The van der Waals surface area contributed by atoms with Crippen molar-refractivity contribution in [2.75, 3.05) is 0 Å². The highest BCUT2D eigenvalue weighted by Crippen LogP contribution is 2.45. The second-order valence-corrected chi connectivity index (χ2v) is 16.7. The van der Waals surface area contributed by atoms with Crippen LogP contribution in [-0.2, 0) is 0 Å². The Kier molecular flexibility index (Phi) is 6.56. The quantitative estimate of drug-likeness (QED) is 0.165. The lowest BCUT2D eigenvalue weighted by molar-refractivity contribution is 0.668. The van der Waals surface area contributed by atoms with E-state index in [0.717, 1.165) is 99.2 Å². The Labute approximate surface area is 362 Å². The molecule has 5 heterocycles. The molecule has 15 rings (SSSR count). The molecule has 0 spiro atoms. The van der Waals surface area contributed by atoms with E-state index in [1.807, 2.05) is 60.7 Å². The molecule has 5 aromatic heterocycles. The van der Waals surface area contributed by atoms with Gasteiger partial charge in [-0.25, -0.2) is 15.0 Å². The van der Waals surface area contributed by atoms with Crippen molar-refractivity contribution in [1.29, 1.82) is 0 Å². The fourth-order valence-corrected chi connectivity index (χ4v) is 10.4. The first-order valence-electron chi connectivity index (χ1n) is 21.4. The molecule has 0 unspecified atom stereocenters. The van der Waals surface area contributed by atoms with Gasteiger partial charge in [-0.3, -0.25) is 0 Å². The smallest absolute Gasteiger partial charge is 0.164 e. The Morgan fingerprint density at radius 2 is 0.766 bits per heavy atom. The molecule has 296 valence electrons. The van der Waals surface area contributed by atoms with Gasteiger partial charge in [-0.1, -0.05) is 109 Å². The van der Waals surface area contributed by atoms with Crippen molar-refractivity contribution < 1.29 is 13.3 Å². The van der Waals surface area contributed by atoms with Gasteiger partial charge in [0.2, 0.25) is 0 Å². The summed E-state index contributed by atoms with van der Waals surface area (Å²) in [5.41, 5.74) is 10.6. The molecule has 0 bridgehead atoms. The van der Waals surface area contributed by atoms with Crippen molar-refractivity contribution in [1.82, 2.24) is 19.5 Å². The largest absolute Gasteiger partial charge is 0.456 e. The summed E-state index contributed by atoms with van der Waals surface area (Å²) in [6.07, 6.45) is 0. The van der Waals surface area contributed by atoms with Crippen LogP contribution in [0.2, 0.25) is 0 Å². The number of fused-ring (bicyclic) bond motifs is 12. The Morgan fingerprint density at radius 3 is 1.38 bits per heavy atom. The third-order valence-electron chi connectivity index (χ3n) is 13.2. The van der Waals surface area contributed by atoms with E-state index in [2.05, 4.69) is 126 Å². The standard InChI is InChI=1S/C57H30N4O3/c1-2-11-35-34(10-1)40-14-7-17-44-53(40)54-41(35)15-8-18-45(54)61(44)33-24-27-48-43(30-33)52-42(16-9-21-49(52)62-48)57-59-55(31-22-25-38-36-12-3-5-19-46(36)63-50(38)28-31)58-56(60-57)32-23-26-39-37-13-4-6-20-47(37)64-51(39)29-32/h1-30H. The molecule has 15 aromatic rings. The molecule has 0 saturated carbocycles. The fourth-order valence-electron chi connectivity index (χ4n) is 10.4. The number of furan rings is 3. The summed E-state index contributed by atoms with van der Waals surface area (Å²) in [4.78, 5) is 15.7. The molecule has 64 heavy (non-hydrogen) atoms. The minimum atomic E-state index is 0.529. The zero-order valence-corrected chi connectivity index (χ0v) is 33.8. The van der Waals surface area contributed by atoms with Gasteiger partial charge in [-0.2, -0.15) is 0 Å². The van der Waals surface area contributed by atoms with Gasteiger partial charge in [-0.15, -0.1) is 0 Å². The molecule has 0 atom stereocenters. The number of aromatic nitrogens is 4. The van der Waals surface area contributed by atoms with Gasteiger partial charge < -0.3 is 17.8 Å². The second-order valence-electron chi connectivity index (χ2n) is 16.7. The maximum Gasteiger partial charge on any atom is 0.164 e. The molecule has 0 amide bonds. The lowest BCUT2D eigenvalue weighted by atomic mass is 9.95. The number of hydrogen-bond donors (Lipinski definition) is 0. The van der Waals surface area contributed by atoms with E-state index in [0.29, 0.717) is 17.5 Å². The number of hydrogen-bond acceptors (Lipinski definition) is 6. The summed E-state index contributed by atoms with van der Waals surface area (Å²) in [5, 5.41) is 13.7. The summed E-state index contributed by atoms with van der Waals surface area (Å²) in [7, 11) is 0. The number of nitrogens with zero attached hydrogens (tertiary/aromatic N) is 4. The molecule has 7 nitrogen and oxygen atoms in total. The zero-order valence-electron chi connectivity index (χ0n) is 33.8. The van der Waals surface area contributed by atoms with Crippen LogP contribution < -0.4 is 0 Å². The number of benzene rings is 10. The highest BCUT2D eigenvalue weighted by molar-refractivity contribution is 6.34. The van der Waals surface area contributed by atoms with Crippen molar-refractivity contribution in [3.8, 4) is 39.9 Å². The maximum absolute atomic E-state index is 6.63. The molecule has 0 aliphatic rings. The Morgan fingerprint density at radius 1 is 0.297 bits per heavy atom. The van der Waals surface area contributed by atoms with E-state index in [4.69, 9.17) is 28.2 Å². The van der Waals surface area contributed by atoms with Crippen LogP contribution in [0.4, 0.5) is 0 Å². The van der Waals surface area contributed by atoms with Crippen molar-refractivity contribution in [3.63, 3.8) is 0 Å². The highest BCUT2D eigenvalue weighted by atomic mass is 16.3. The molecule has 0 aliphatic carbocycles. The summed E-state index contributed by atoms with van der Waals surface area (Å²) >= 11 is 0. The van der Waals surface area contributed by atoms with E-state index in [-0.39, 0.29) is 0 Å². The predicted octanol–water partition coefficient (Wildman–Crippen LogP) is 15.4. The Bertz CT molecular complexity index is 4230. The van der Waals surface area contributed by atoms with Gasteiger partial charge in [0.1, 0.15) is 33.5 Å². The van der Waals surface area contributed by atoms with Crippen molar-refractivity contribution >= 4 is 109 Å². The lowest BCUT2D eigenvalue weighted by Gasteiger charge is -2.10. The monoisotopic (exact) mass is 818 g/mol. The van der Waals surface area contributed by atoms with Gasteiger partial charge in [0.15, 0.2) is 17.5 Å². The topological polar surface area (TPSA) is 83.0 Å². The minimum absolute atomic E-state index is 0.529. The van der Waals surface area contributed by atoms with E-state index in [1.165, 1.54) is 32.3 Å². The minimum Gasteiger partial charge on any atom is -0.456 e. The van der Waals surface area contributed by atoms with Crippen LogP contribution in [0.5, 0.6) is 0 Å². The van der Waals surface area contributed by atoms with Crippen molar-refractivity contribution in [2.45, 2.75) is 0 Å². The van der Waals surface area contributed by atoms with E-state index in [1.54, 1.807) is 0 Å². The average Bonchev–Trinajstić information content (AvgIpc) is 4.12. The maximum atomic E-state index is 6.63. The molecule has 0 N–H and O–H groups in total. The molecular weight excluding hydrogens is 789 g/mol. The molecule has 0 saturated heterocycles. The third kappa shape index (κ3) is 4.61. The molecule has 0 aliphatic heterocycles. The van der Waals surface area contributed by atoms with Gasteiger partial charge in [-0.05, 0) is 94.3 Å². The Hall–Kier alpha value is -8.81. The SMILES string of the molecule is c1ccc2c(c1)oc1cc(-c3nc(-c4ccc5c(c4)oc4ccccc45)nc(-c4cccc5oc6ccc(-n7c8cccc9c%10ccccc%10c%10cccc7c%10c98)cc6c45)n3)ccc12. The van der Waals surface area contributed by atoms with Crippen LogP contribution in [0.25, 0.3) is 149 Å². The summed E-state index contributed by atoms with van der Waals surface area (Å²) < 4.78 is 21.7. The second kappa shape index (κ2) is 12.4. The van der Waals surface area contributed by atoms with E-state index >= 15 is 0 Å².